The third kappa shape index (κ3) is 13.0. The molecule has 0 aliphatic heterocycles. The first kappa shape index (κ1) is 24.1. The molecule has 0 atom stereocenters. The highest BCUT2D eigenvalue weighted by molar-refractivity contribution is 7.88. The Kier molecular flexibility index (Phi) is 13.8. The van der Waals surface area contributed by atoms with Gasteiger partial charge < -0.3 is 20.3 Å². The van der Waals surface area contributed by atoms with Gasteiger partial charge in [0.2, 0.25) is 10.0 Å². The Morgan fingerprint density at radius 1 is 1.12 bits per heavy atom. The largest absolute Gasteiger partial charge is 0.385 e. The molecule has 8 nitrogen and oxygen atoms in total. The van der Waals surface area contributed by atoms with E-state index in [9.17, 15) is 8.42 Å². The molecule has 0 unspecified atom stereocenters. The molecule has 0 aliphatic rings. The number of likely N-dealkylation sites (N-methyl/N-ethyl adjacent to an activating group) is 1. The van der Waals surface area contributed by atoms with E-state index in [-0.39, 0.29) is 0 Å². The molecule has 0 rings (SSSR count). The molecule has 0 fully saturated rings. The van der Waals surface area contributed by atoms with E-state index < -0.39 is 10.0 Å². The number of guanidine groups is 1. The highest BCUT2D eigenvalue weighted by Gasteiger charge is 2.13. The number of ether oxygens (including phenoxy) is 1. The molecule has 0 heterocycles. The molecule has 0 saturated carbocycles. The van der Waals surface area contributed by atoms with Crippen LogP contribution >= 0.6 is 0 Å². The van der Waals surface area contributed by atoms with Gasteiger partial charge in [-0.1, -0.05) is 6.92 Å². The van der Waals surface area contributed by atoms with E-state index in [1.807, 2.05) is 13.8 Å². The van der Waals surface area contributed by atoms with Crippen molar-refractivity contribution in [2.24, 2.45) is 4.99 Å². The van der Waals surface area contributed by atoms with Gasteiger partial charge in [-0.2, -0.15) is 0 Å². The summed E-state index contributed by atoms with van der Waals surface area (Å²) in [4.78, 5) is 6.76. The monoisotopic (exact) mass is 379 g/mol. The number of methoxy groups -OCH3 is 1. The molecule has 25 heavy (non-hydrogen) atoms. The predicted molar refractivity (Wildman–Crippen MR) is 105 cm³/mol. The molecule has 0 radical (unpaired) electrons. The Morgan fingerprint density at radius 2 is 1.84 bits per heavy atom. The summed E-state index contributed by atoms with van der Waals surface area (Å²) in [5, 5.41) is 6.52. The van der Waals surface area contributed by atoms with Gasteiger partial charge >= 0.3 is 0 Å². The van der Waals surface area contributed by atoms with Crippen LogP contribution in [0.5, 0.6) is 0 Å². The van der Waals surface area contributed by atoms with Crippen LogP contribution in [0.2, 0.25) is 0 Å². The molecular weight excluding hydrogens is 342 g/mol. The zero-order chi connectivity index (χ0) is 19.1. The maximum atomic E-state index is 11.5. The van der Waals surface area contributed by atoms with Crippen molar-refractivity contribution in [2.45, 2.75) is 26.7 Å². The molecular formula is C16H37N5O3S. The van der Waals surface area contributed by atoms with Gasteiger partial charge in [-0.05, 0) is 26.8 Å². The standard InChI is InChI=1S/C16H37N5O3S/c1-6-17-16(19-11-14-20(3)12-9-15-24-4)18-10-8-13-21(7-2)25(5,22)23/h6-15H2,1-5H3,(H2,17,18,19). The Balaban J connectivity index is 4.16. The molecule has 9 heteroatoms. The number of sulfonamides is 1. The fourth-order valence-electron chi connectivity index (χ4n) is 2.29. The number of rotatable bonds is 14. The third-order valence-electron chi connectivity index (χ3n) is 3.68. The molecule has 0 aromatic heterocycles. The fraction of sp³-hybridized carbons (Fsp3) is 0.938. The lowest BCUT2D eigenvalue weighted by Gasteiger charge is -2.18. The van der Waals surface area contributed by atoms with Crippen molar-refractivity contribution in [1.29, 1.82) is 0 Å². The first-order valence-corrected chi connectivity index (χ1v) is 10.8. The van der Waals surface area contributed by atoms with E-state index in [2.05, 4.69) is 27.6 Å². The molecule has 2 N–H and O–H groups in total. The highest BCUT2D eigenvalue weighted by atomic mass is 32.2. The fourth-order valence-corrected chi connectivity index (χ4v) is 3.22. The zero-order valence-electron chi connectivity index (χ0n) is 16.5. The normalized spacial score (nSPS) is 12.8. The van der Waals surface area contributed by atoms with Gasteiger partial charge in [0.05, 0.1) is 6.26 Å². The summed E-state index contributed by atoms with van der Waals surface area (Å²) >= 11 is 0. The summed E-state index contributed by atoms with van der Waals surface area (Å²) < 4.78 is 29.6. The van der Waals surface area contributed by atoms with Crippen molar-refractivity contribution in [3.8, 4) is 0 Å². The summed E-state index contributed by atoms with van der Waals surface area (Å²) in [5.41, 5.74) is 0. The third-order valence-corrected chi connectivity index (χ3v) is 5.05. The molecule has 0 spiro atoms. The smallest absolute Gasteiger partial charge is 0.211 e. The van der Waals surface area contributed by atoms with E-state index in [4.69, 9.17) is 4.74 Å². The van der Waals surface area contributed by atoms with Gasteiger partial charge in [0.25, 0.3) is 0 Å². The maximum absolute atomic E-state index is 11.5. The number of nitrogens with zero attached hydrogens (tertiary/aromatic N) is 3. The topological polar surface area (TPSA) is 86.3 Å². The summed E-state index contributed by atoms with van der Waals surface area (Å²) in [6.45, 7) is 9.76. The second kappa shape index (κ2) is 14.3. The highest BCUT2D eigenvalue weighted by Crippen LogP contribution is 1.99. The second-order valence-corrected chi connectivity index (χ2v) is 7.93. The number of aliphatic imine (C=N–C) groups is 1. The lowest BCUT2D eigenvalue weighted by atomic mass is 10.4. The molecule has 0 amide bonds. The van der Waals surface area contributed by atoms with Gasteiger partial charge in [0.1, 0.15) is 0 Å². The Morgan fingerprint density at radius 3 is 2.40 bits per heavy atom. The molecule has 0 saturated heterocycles. The van der Waals surface area contributed by atoms with Crippen LogP contribution in [0.15, 0.2) is 4.99 Å². The van der Waals surface area contributed by atoms with Crippen LogP contribution in [0.25, 0.3) is 0 Å². The summed E-state index contributed by atoms with van der Waals surface area (Å²) in [6.07, 6.45) is 2.97. The number of nitrogens with one attached hydrogen (secondary N) is 2. The van der Waals surface area contributed by atoms with Gasteiger partial charge in [-0.25, -0.2) is 12.7 Å². The lowest BCUT2D eigenvalue weighted by molar-refractivity contribution is 0.180. The Bertz CT molecular complexity index is 457. The van der Waals surface area contributed by atoms with Gasteiger partial charge in [0.15, 0.2) is 5.96 Å². The zero-order valence-corrected chi connectivity index (χ0v) is 17.4. The predicted octanol–water partition coefficient (Wildman–Crippen LogP) is 0.181. The van der Waals surface area contributed by atoms with Crippen molar-refractivity contribution in [3.63, 3.8) is 0 Å². The average molecular weight is 380 g/mol. The SMILES string of the molecule is CCNC(=NCCCN(CC)S(C)(=O)=O)NCCN(C)CCCOC. The van der Waals surface area contributed by atoms with E-state index in [0.717, 1.165) is 45.2 Å². The Hall–Kier alpha value is -0.900. The number of hydrogen-bond acceptors (Lipinski definition) is 5. The molecule has 0 bridgehead atoms. The van der Waals surface area contributed by atoms with Crippen molar-refractivity contribution in [3.05, 3.63) is 0 Å². The molecule has 150 valence electrons. The number of hydrogen-bond donors (Lipinski definition) is 2. The van der Waals surface area contributed by atoms with E-state index in [1.165, 1.54) is 10.6 Å². The first-order chi connectivity index (χ1) is 11.8. The van der Waals surface area contributed by atoms with Crippen molar-refractivity contribution in [2.75, 3.05) is 72.8 Å². The van der Waals surface area contributed by atoms with E-state index in [1.54, 1.807) is 7.11 Å². The minimum atomic E-state index is -3.12. The van der Waals surface area contributed by atoms with Crippen LogP contribution in [0.4, 0.5) is 0 Å². The molecule has 0 aromatic carbocycles. The van der Waals surface area contributed by atoms with Crippen LogP contribution in [0.1, 0.15) is 26.7 Å². The molecule has 0 aromatic rings. The van der Waals surface area contributed by atoms with Crippen molar-refractivity contribution < 1.29 is 13.2 Å². The Labute approximate surface area is 154 Å². The summed E-state index contributed by atoms with van der Waals surface area (Å²) in [7, 11) is 0.688. The lowest BCUT2D eigenvalue weighted by Crippen LogP contribution is -2.41. The van der Waals surface area contributed by atoms with Crippen LogP contribution < -0.4 is 10.6 Å². The van der Waals surface area contributed by atoms with E-state index in [0.29, 0.717) is 26.1 Å². The van der Waals surface area contributed by atoms with E-state index >= 15 is 0 Å². The van der Waals surface area contributed by atoms with Gasteiger partial charge in [0, 0.05) is 59.5 Å². The summed E-state index contributed by atoms with van der Waals surface area (Å²) in [5.74, 6) is 0.773. The van der Waals surface area contributed by atoms with Gasteiger partial charge in [-0.15, -0.1) is 0 Å². The summed E-state index contributed by atoms with van der Waals surface area (Å²) in [6, 6.07) is 0. The minimum Gasteiger partial charge on any atom is -0.385 e. The second-order valence-electron chi connectivity index (χ2n) is 5.95. The van der Waals surface area contributed by atoms with Crippen LogP contribution in [0.3, 0.4) is 0 Å². The average Bonchev–Trinajstić information content (AvgIpc) is 2.53. The quantitative estimate of drug-likeness (QED) is 0.254. The molecule has 0 aliphatic carbocycles. The minimum absolute atomic E-state index is 0.496. The first-order valence-electron chi connectivity index (χ1n) is 8.99. The van der Waals surface area contributed by atoms with Crippen LogP contribution in [0, 0.1) is 0 Å². The van der Waals surface area contributed by atoms with Crippen molar-refractivity contribution >= 4 is 16.0 Å². The maximum Gasteiger partial charge on any atom is 0.211 e. The van der Waals surface area contributed by atoms with Crippen LogP contribution in [-0.4, -0.2) is 96.4 Å². The van der Waals surface area contributed by atoms with Crippen LogP contribution in [-0.2, 0) is 14.8 Å². The van der Waals surface area contributed by atoms with Crippen molar-refractivity contribution in [1.82, 2.24) is 19.8 Å². The van der Waals surface area contributed by atoms with Gasteiger partial charge in [-0.3, -0.25) is 4.99 Å².